The zero-order valence-electron chi connectivity index (χ0n) is 10.1. The van der Waals surface area contributed by atoms with Gasteiger partial charge in [-0.25, -0.2) is 0 Å². The van der Waals surface area contributed by atoms with Gasteiger partial charge >= 0.3 is 0 Å². The van der Waals surface area contributed by atoms with E-state index in [1.54, 1.807) is 0 Å². The lowest BCUT2D eigenvalue weighted by Gasteiger charge is -2.11. The van der Waals surface area contributed by atoms with Crippen LogP contribution in [0.1, 0.15) is 16.7 Å². The van der Waals surface area contributed by atoms with Crippen LogP contribution in [0.25, 0.3) is 0 Å². The van der Waals surface area contributed by atoms with Crippen LogP contribution in [0.5, 0.6) is 5.75 Å². The van der Waals surface area contributed by atoms with Crippen LogP contribution in [0, 0.1) is 6.92 Å². The van der Waals surface area contributed by atoms with Gasteiger partial charge in [-0.15, -0.1) is 0 Å². The normalized spacial score (nSPS) is 10.4. The number of halogens is 2. The number of hydrogen-bond acceptors (Lipinski definition) is 1. The van der Waals surface area contributed by atoms with E-state index in [2.05, 4.69) is 35.0 Å². The molecule has 0 aliphatic rings. The Bertz CT molecular complexity index is 523. The van der Waals surface area contributed by atoms with Gasteiger partial charge in [-0.2, -0.15) is 0 Å². The smallest absolute Gasteiger partial charge is 0.123 e. The van der Waals surface area contributed by atoms with Crippen LogP contribution in [0.15, 0.2) is 42.5 Å². The highest BCUT2D eigenvalue weighted by Gasteiger charge is 2.03. The van der Waals surface area contributed by atoms with Crippen LogP contribution in [0.3, 0.4) is 0 Å². The molecule has 1 nitrogen and oxygen atoms in total. The second-order valence-electron chi connectivity index (χ2n) is 4.16. The van der Waals surface area contributed by atoms with Gasteiger partial charge in [0.05, 0.1) is 0 Å². The van der Waals surface area contributed by atoms with Crippen molar-refractivity contribution in [3.8, 4) is 5.75 Å². The van der Waals surface area contributed by atoms with Crippen molar-refractivity contribution in [1.29, 1.82) is 0 Å². The third-order valence-electron chi connectivity index (χ3n) is 2.67. The zero-order valence-corrected chi connectivity index (χ0v) is 12.5. The van der Waals surface area contributed by atoms with E-state index < -0.39 is 0 Å². The molecule has 0 N–H and O–H groups in total. The minimum atomic E-state index is 0.556. The van der Waals surface area contributed by atoms with Crippen molar-refractivity contribution in [3.63, 3.8) is 0 Å². The standard InChI is InChI=1S/C15H14BrClO/c1-11-2-7-15(13(8-11)9-16)18-10-12-3-5-14(17)6-4-12/h2-8H,9-10H2,1H3. The predicted molar refractivity (Wildman–Crippen MR) is 79.6 cm³/mol. The summed E-state index contributed by atoms with van der Waals surface area (Å²) in [5, 5.41) is 1.54. The molecule has 0 aromatic heterocycles. The Balaban J connectivity index is 2.08. The first-order valence-corrected chi connectivity index (χ1v) is 7.21. The molecule has 2 aromatic carbocycles. The van der Waals surface area contributed by atoms with Crippen molar-refractivity contribution in [1.82, 2.24) is 0 Å². The maximum atomic E-state index is 5.85. The molecule has 0 aliphatic heterocycles. The fourth-order valence-electron chi connectivity index (χ4n) is 1.70. The Hall–Kier alpha value is -0.990. The highest BCUT2D eigenvalue weighted by molar-refractivity contribution is 9.08. The lowest BCUT2D eigenvalue weighted by Crippen LogP contribution is -1.98. The van der Waals surface area contributed by atoms with Crippen LogP contribution < -0.4 is 4.74 Å². The van der Waals surface area contributed by atoms with Gasteiger partial charge in [0.25, 0.3) is 0 Å². The first-order chi connectivity index (χ1) is 8.69. The lowest BCUT2D eigenvalue weighted by molar-refractivity contribution is 0.304. The highest BCUT2D eigenvalue weighted by atomic mass is 79.9. The van der Waals surface area contributed by atoms with Crippen LogP contribution in [0.2, 0.25) is 5.02 Å². The van der Waals surface area contributed by atoms with Crippen molar-refractivity contribution in [3.05, 3.63) is 64.2 Å². The summed E-state index contributed by atoms with van der Waals surface area (Å²) in [6.07, 6.45) is 0. The second-order valence-corrected chi connectivity index (χ2v) is 5.16. The number of rotatable bonds is 4. The van der Waals surface area contributed by atoms with E-state index in [0.717, 1.165) is 21.7 Å². The Morgan fingerprint density at radius 2 is 1.83 bits per heavy atom. The van der Waals surface area contributed by atoms with E-state index >= 15 is 0 Å². The summed E-state index contributed by atoms with van der Waals surface area (Å²) in [6, 6.07) is 13.9. The molecule has 0 radical (unpaired) electrons. The fraction of sp³-hybridized carbons (Fsp3) is 0.200. The van der Waals surface area contributed by atoms with Crippen LogP contribution in [-0.2, 0) is 11.9 Å². The minimum Gasteiger partial charge on any atom is -0.489 e. The van der Waals surface area contributed by atoms with Crippen molar-refractivity contribution < 1.29 is 4.74 Å². The summed E-state index contributed by atoms with van der Waals surface area (Å²) >= 11 is 9.33. The summed E-state index contributed by atoms with van der Waals surface area (Å²) < 4.78 is 5.84. The first kappa shape index (κ1) is 13.4. The Labute approximate surface area is 121 Å². The molecule has 2 aromatic rings. The third kappa shape index (κ3) is 3.50. The first-order valence-electron chi connectivity index (χ1n) is 5.72. The van der Waals surface area contributed by atoms with Gasteiger partial charge in [-0.05, 0) is 30.7 Å². The van der Waals surface area contributed by atoms with E-state index in [-0.39, 0.29) is 0 Å². The summed E-state index contributed by atoms with van der Waals surface area (Å²) in [5.74, 6) is 0.924. The molecule has 0 spiro atoms. The van der Waals surface area contributed by atoms with Gasteiger partial charge in [0.15, 0.2) is 0 Å². The average Bonchev–Trinajstić information content (AvgIpc) is 2.39. The molecule has 18 heavy (non-hydrogen) atoms. The molecular weight excluding hydrogens is 312 g/mol. The van der Waals surface area contributed by atoms with Crippen molar-refractivity contribution >= 4 is 27.5 Å². The number of alkyl halides is 1. The molecule has 0 saturated heterocycles. The van der Waals surface area contributed by atoms with E-state index in [9.17, 15) is 0 Å². The van der Waals surface area contributed by atoms with Gasteiger partial charge < -0.3 is 4.74 Å². The Morgan fingerprint density at radius 3 is 2.50 bits per heavy atom. The summed E-state index contributed by atoms with van der Waals surface area (Å²) in [5.41, 5.74) is 3.52. The molecule has 0 bridgehead atoms. The lowest BCUT2D eigenvalue weighted by atomic mass is 10.1. The van der Waals surface area contributed by atoms with Crippen molar-refractivity contribution in [2.24, 2.45) is 0 Å². The second kappa shape index (κ2) is 6.26. The van der Waals surface area contributed by atoms with Gasteiger partial charge in [-0.1, -0.05) is 57.4 Å². The molecule has 0 unspecified atom stereocenters. The third-order valence-corrected chi connectivity index (χ3v) is 3.52. The van der Waals surface area contributed by atoms with E-state index in [1.807, 2.05) is 30.3 Å². The maximum Gasteiger partial charge on any atom is 0.123 e. The van der Waals surface area contributed by atoms with Crippen LogP contribution >= 0.6 is 27.5 Å². The van der Waals surface area contributed by atoms with Gasteiger partial charge in [0, 0.05) is 15.9 Å². The van der Waals surface area contributed by atoms with Gasteiger partial charge in [-0.3, -0.25) is 0 Å². The molecule has 94 valence electrons. The number of hydrogen-bond donors (Lipinski definition) is 0. The topological polar surface area (TPSA) is 9.23 Å². The van der Waals surface area contributed by atoms with Crippen molar-refractivity contribution in [2.45, 2.75) is 18.9 Å². The molecule has 0 atom stereocenters. The Morgan fingerprint density at radius 1 is 1.11 bits per heavy atom. The number of aryl methyl sites for hydroxylation is 1. The van der Waals surface area contributed by atoms with E-state index in [0.29, 0.717) is 6.61 Å². The van der Waals surface area contributed by atoms with E-state index in [4.69, 9.17) is 16.3 Å². The molecule has 2 rings (SSSR count). The number of ether oxygens (including phenoxy) is 1. The predicted octanol–water partition coefficient (Wildman–Crippen LogP) is 5.12. The minimum absolute atomic E-state index is 0.556. The largest absolute Gasteiger partial charge is 0.489 e. The number of benzene rings is 2. The van der Waals surface area contributed by atoms with Crippen LogP contribution in [0.4, 0.5) is 0 Å². The molecular formula is C15H14BrClO. The quantitative estimate of drug-likeness (QED) is 0.709. The fourth-order valence-corrected chi connectivity index (χ4v) is 2.26. The molecule has 0 heterocycles. The van der Waals surface area contributed by atoms with Gasteiger partial charge in [0.2, 0.25) is 0 Å². The molecule has 3 heteroatoms. The molecule has 0 saturated carbocycles. The summed E-state index contributed by atoms with van der Waals surface area (Å²) in [6.45, 7) is 2.63. The Kier molecular flexibility index (Phi) is 4.67. The van der Waals surface area contributed by atoms with Crippen LogP contribution in [-0.4, -0.2) is 0 Å². The van der Waals surface area contributed by atoms with Gasteiger partial charge in [0.1, 0.15) is 12.4 Å². The maximum absolute atomic E-state index is 5.85. The molecule has 0 amide bonds. The highest BCUT2D eigenvalue weighted by Crippen LogP contribution is 2.23. The van der Waals surface area contributed by atoms with Crippen molar-refractivity contribution in [2.75, 3.05) is 0 Å². The SMILES string of the molecule is Cc1ccc(OCc2ccc(Cl)cc2)c(CBr)c1. The molecule has 0 aliphatic carbocycles. The monoisotopic (exact) mass is 324 g/mol. The molecule has 0 fully saturated rings. The average molecular weight is 326 g/mol. The summed E-state index contributed by atoms with van der Waals surface area (Å²) in [4.78, 5) is 0. The summed E-state index contributed by atoms with van der Waals surface area (Å²) in [7, 11) is 0. The zero-order chi connectivity index (χ0) is 13.0. The van der Waals surface area contributed by atoms with E-state index in [1.165, 1.54) is 11.1 Å².